The van der Waals surface area contributed by atoms with Gasteiger partial charge in [0.1, 0.15) is 6.10 Å². The third-order valence-corrected chi connectivity index (χ3v) is 4.87. The molecule has 0 aromatic carbocycles. The molecule has 1 atom stereocenters. The summed E-state index contributed by atoms with van der Waals surface area (Å²) < 4.78 is 25.9. The Labute approximate surface area is 172 Å². The summed E-state index contributed by atoms with van der Waals surface area (Å²) in [5.41, 5.74) is -1.05. The zero-order valence-electron chi connectivity index (χ0n) is 18.3. The minimum Gasteiger partial charge on any atom is -0.383 e. The van der Waals surface area contributed by atoms with Crippen molar-refractivity contribution in [2.45, 2.75) is 53.6 Å². The van der Waals surface area contributed by atoms with Crippen LogP contribution in [0.2, 0.25) is 0 Å². The number of carbonyl (C=O) groups excluding carboxylic acids is 2. The molecule has 29 heavy (non-hydrogen) atoms. The van der Waals surface area contributed by atoms with Crippen molar-refractivity contribution >= 4 is 19.6 Å². The Bertz CT molecular complexity index is 554. The number of rotatable bonds is 14. The van der Waals surface area contributed by atoms with Crippen molar-refractivity contribution in [3.05, 3.63) is 0 Å². The highest BCUT2D eigenvalue weighted by molar-refractivity contribution is 7.48. The fraction of sp³-hybridized carbons (Fsp3) is 0.882. The van der Waals surface area contributed by atoms with Gasteiger partial charge in [0.05, 0.1) is 20.8 Å². The first-order chi connectivity index (χ1) is 13.3. The number of carbonyl (C=O) groups is 2. The lowest BCUT2D eigenvalue weighted by Gasteiger charge is -2.29. The molecule has 0 rings (SSSR count). The van der Waals surface area contributed by atoms with Gasteiger partial charge in [-0.05, 0) is 11.8 Å². The van der Waals surface area contributed by atoms with Gasteiger partial charge in [-0.2, -0.15) is 0 Å². The Balaban J connectivity index is 4.44. The normalized spacial score (nSPS) is 13.8. The van der Waals surface area contributed by atoms with E-state index in [0.29, 0.717) is 6.54 Å². The smallest absolute Gasteiger partial charge is 0.383 e. The third kappa shape index (κ3) is 12.3. The first-order valence-corrected chi connectivity index (χ1v) is 10.6. The molecule has 0 fully saturated rings. The number of amides is 2. The number of phosphoric acid groups is 1. The van der Waals surface area contributed by atoms with E-state index in [4.69, 9.17) is 4.52 Å². The fourth-order valence-electron chi connectivity index (χ4n) is 1.98. The zero-order chi connectivity index (χ0) is 22.7. The number of aliphatic hydroxyl groups excluding tert-OH is 1. The van der Waals surface area contributed by atoms with E-state index in [-0.39, 0.29) is 30.9 Å². The maximum absolute atomic E-state index is 12.2. The molecule has 0 aliphatic rings. The van der Waals surface area contributed by atoms with Crippen LogP contribution in [0.3, 0.4) is 0 Å². The molecule has 0 aliphatic heterocycles. The molecule has 0 aromatic rings. The molecule has 2 amide bonds. The Hall–Kier alpha value is -1.07. The van der Waals surface area contributed by atoms with Crippen molar-refractivity contribution in [2.24, 2.45) is 10.8 Å². The Morgan fingerprint density at radius 2 is 1.55 bits per heavy atom. The summed E-state index contributed by atoms with van der Waals surface area (Å²) in [5.74, 6) is -0.891. The average Bonchev–Trinajstić information content (AvgIpc) is 2.58. The molecule has 0 saturated heterocycles. The van der Waals surface area contributed by atoms with Gasteiger partial charge in [-0.3, -0.25) is 14.1 Å². The summed E-state index contributed by atoms with van der Waals surface area (Å²) in [6.45, 7) is 9.50. The SMILES string of the molecule is COOP(=O)(OCC(C)(C)[C@H](O)C(=O)NCCC(=O)NCCC(C)(C)C)OOC. The first kappa shape index (κ1) is 27.9. The van der Waals surface area contributed by atoms with Gasteiger partial charge < -0.3 is 15.7 Å². The second-order valence-electron chi connectivity index (χ2n) is 8.30. The van der Waals surface area contributed by atoms with Crippen LogP contribution in [0, 0.1) is 10.8 Å². The topological polar surface area (TPSA) is 142 Å². The highest BCUT2D eigenvalue weighted by Gasteiger charge is 2.39. The second-order valence-corrected chi connectivity index (χ2v) is 9.75. The molecule has 11 nitrogen and oxygen atoms in total. The van der Waals surface area contributed by atoms with Crippen LogP contribution in [0.1, 0.15) is 47.5 Å². The van der Waals surface area contributed by atoms with Crippen molar-refractivity contribution in [3.63, 3.8) is 0 Å². The van der Waals surface area contributed by atoms with Crippen LogP contribution in [0.25, 0.3) is 0 Å². The van der Waals surface area contributed by atoms with Crippen molar-refractivity contribution in [3.8, 4) is 0 Å². The predicted octanol–water partition coefficient (Wildman–Crippen LogP) is 1.71. The van der Waals surface area contributed by atoms with Crippen LogP contribution in [0.5, 0.6) is 0 Å². The van der Waals surface area contributed by atoms with Crippen LogP contribution >= 0.6 is 7.82 Å². The number of nitrogens with one attached hydrogen (secondary N) is 2. The van der Waals surface area contributed by atoms with E-state index in [0.717, 1.165) is 20.6 Å². The second kappa shape index (κ2) is 12.6. The van der Waals surface area contributed by atoms with Gasteiger partial charge in [-0.1, -0.05) is 34.6 Å². The van der Waals surface area contributed by atoms with Gasteiger partial charge in [0.25, 0.3) is 0 Å². The van der Waals surface area contributed by atoms with Crippen molar-refractivity contribution < 1.29 is 42.9 Å². The summed E-state index contributed by atoms with van der Waals surface area (Å²) in [6, 6.07) is 0. The minimum atomic E-state index is -4.18. The van der Waals surface area contributed by atoms with E-state index < -0.39 is 25.2 Å². The summed E-state index contributed by atoms with van der Waals surface area (Å²) in [7, 11) is -1.99. The zero-order valence-corrected chi connectivity index (χ0v) is 19.2. The number of aliphatic hydroxyl groups is 1. The van der Waals surface area contributed by atoms with Crippen LogP contribution in [-0.2, 0) is 37.8 Å². The maximum atomic E-state index is 12.2. The van der Waals surface area contributed by atoms with Gasteiger partial charge in [-0.15, -0.1) is 9.35 Å². The molecular formula is C17H35N2O9P. The first-order valence-electron chi connectivity index (χ1n) is 9.18. The van der Waals surface area contributed by atoms with E-state index in [1.165, 1.54) is 13.8 Å². The molecule has 0 heterocycles. The molecule has 0 radical (unpaired) electrons. The lowest BCUT2D eigenvalue weighted by atomic mass is 9.87. The van der Waals surface area contributed by atoms with Gasteiger partial charge in [0.15, 0.2) is 0 Å². The Morgan fingerprint density at radius 1 is 1.00 bits per heavy atom. The predicted molar refractivity (Wildman–Crippen MR) is 104 cm³/mol. The molecule has 0 aromatic heterocycles. The van der Waals surface area contributed by atoms with E-state index in [1.54, 1.807) is 0 Å². The highest BCUT2D eigenvalue weighted by atomic mass is 31.2. The van der Waals surface area contributed by atoms with Crippen LogP contribution < -0.4 is 10.6 Å². The molecule has 0 unspecified atom stereocenters. The van der Waals surface area contributed by atoms with Crippen LogP contribution in [0.15, 0.2) is 0 Å². The average molecular weight is 442 g/mol. The molecule has 3 N–H and O–H groups in total. The molecule has 172 valence electrons. The number of hydrogen-bond acceptors (Lipinski definition) is 9. The standard InChI is InChI=1S/C17H35N2O9P/c1-16(2,3)9-11-18-13(20)8-10-19-15(22)14(21)17(4,5)12-26-29(23,27-24-6)28-25-7/h14,21H,8-12H2,1-7H3,(H,18,20)(H,19,22)/t14-/m1/s1. The van der Waals surface area contributed by atoms with E-state index in [2.05, 4.69) is 50.5 Å². The van der Waals surface area contributed by atoms with Crippen LogP contribution in [-0.4, -0.2) is 56.9 Å². The minimum absolute atomic E-state index is 0.0618. The van der Waals surface area contributed by atoms with Crippen molar-refractivity contribution in [2.75, 3.05) is 33.9 Å². The summed E-state index contributed by atoms with van der Waals surface area (Å²) in [4.78, 5) is 32.5. The largest absolute Gasteiger partial charge is 0.529 e. The lowest BCUT2D eigenvalue weighted by molar-refractivity contribution is -0.260. The van der Waals surface area contributed by atoms with Gasteiger partial charge >= 0.3 is 7.82 Å². The fourth-order valence-corrected chi connectivity index (χ4v) is 2.95. The number of hydrogen-bond donors (Lipinski definition) is 3. The Morgan fingerprint density at radius 3 is 2.03 bits per heavy atom. The van der Waals surface area contributed by atoms with Crippen molar-refractivity contribution in [1.82, 2.24) is 10.6 Å². The third-order valence-electron chi connectivity index (χ3n) is 3.76. The van der Waals surface area contributed by atoms with E-state index >= 15 is 0 Å². The summed E-state index contributed by atoms with van der Waals surface area (Å²) in [5, 5.41) is 15.5. The Kier molecular flexibility index (Phi) is 12.1. The molecule has 0 bridgehead atoms. The van der Waals surface area contributed by atoms with E-state index in [9.17, 15) is 19.3 Å². The molecule has 0 saturated carbocycles. The van der Waals surface area contributed by atoms with E-state index in [1.807, 2.05) is 0 Å². The quantitative estimate of drug-likeness (QED) is 0.208. The molecule has 0 aliphatic carbocycles. The highest BCUT2D eigenvalue weighted by Crippen LogP contribution is 2.50. The van der Waals surface area contributed by atoms with Gasteiger partial charge in [0.2, 0.25) is 11.8 Å². The molecule has 0 spiro atoms. The van der Waals surface area contributed by atoms with Gasteiger partial charge in [-0.25, -0.2) is 14.3 Å². The summed E-state index contributed by atoms with van der Waals surface area (Å²) in [6.07, 6.45) is -0.593. The van der Waals surface area contributed by atoms with Crippen molar-refractivity contribution in [1.29, 1.82) is 0 Å². The maximum Gasteiger partial charge on any atom is 0.529 e. The van der Waals surface area contributed by atoms with Crippen LogP contribution in [0.4, 0.5) is 0 Å². The molecule has 12 heteroatoms. The van der Waals surface area contributed by atoms with Gasteiger partial charge in [0, 0.05) is 24.9 Å². The molecular weight excluding hydrogens is 407 g/mol. The lowest BCUT2D eigenvalue weighted by Crippen LogP contribution is -2.46. The monoisotopic (exact) mass is 442 g/mol. The summed E-state index contributed by atoms with van der Waals surface area (Å²) >= 11 is 0.